The van der Waals surface area contributed by atoms with Gasteiger partial charge in [0.2, 0.25) is 0 Å². The molecule has 0 saturated heterocycles. The molecule has 1 unspecified atom stereocenters. The van der Waals surface area contributed by atoms with Gasteiger partial charge < -0.3 is 9.84 Å². The van der Waals surface area contributed by atoms with Gasteiger partial charge in [-0.2, -0.15) is 5.10 Å². The second-order valence-corrected chi connectivity index (χ2v) is 3.70. The first-order valence-corrected chi connectivity index (χ1v) is 4.84. The van der Waals surface area contributed by atoms with Crippen molar-refractivity contribution in [2.75, 3.05) is 13.7 Å². The summed E-state index contributed by atoms with van der Waals surface area (Å²) in [5, 5.41) is 14.1. The summed E-state index contributed by atoms with van der Waals surface area (Å²) in [5.41, 5.74) is -0.145. The van der Waals surface area contributed by atoms with Crippen molar-refractivity contribution in [1.82, 2.24) is 9.78 Å². The first-order valence-electron chi connectivity index (χ1n) is 4.84. The van der Waals surface area contributed by atoms with Crippen LogP contribution in [0.2, 0.25) is 0 Å². The van der Waals surface area contributed by atoms with Crippen LogP contribution in [0.1, 0.15) is 25.8 Å². The van der Waals surface area contributed by atoms with E-state index in [1.54, 1.807) is 20.2 Å². The molecule has 0 aliphatic rings. The molecule has 1 aromatic rings. The van der Waals surface area contributed by atoms with Gasteiger partial charge in [-0.05, 0) is 13.3 Å². The molecule has 80 valence electrons. The number of hydrogen-bond acceptors (Lipinski definition) is 3. The molecule has 1 rings (SSSR count). The fourth-order valence-corrected chi connectivity index (χ4v) is 1.36. The van der Waals surface area contributed by atoms with E-state index in [0.29, 0.717) is 0 Å². The lowest BCUT2D eigenvalue weighted by molar-refractivity contribution is -0.0208. The van der Waals surface area contributed by atoms with Crippen LogP contribution in [0.25, 0.3) is 0 Å². The molecule has 14 heavy (non-hydrogen) atoms. The van der Waals surface area contributed by atoms with Crippen molar-refractivity contribution in [1.29, 1.82) is 0 Å². The minimum absolute atomic E-state index is 0.283. The van der Waals surface area contributed by atoms with Gasteiger partial charge in [0.05, 0.1) is 12.8 Å². The molecule has 1 atom stereocenters. The van der Waals surface area contributed by atoms with E-state index < -0.39 is 5.60 Å². The van der Waals surface area contributed by atoms with Crippen molar-refractivity contribution in [3.8, 4) is 0 Å². The summed E-state index contributed by atoms with van der Waals surface area (Å²) in [7, 11) is 1.57. The molecule has 1 heterocycles. The Morgan fingerprint density at radius 2 is 2.36 bits per heavy atom. The number of nitrogens with zero attached hydrogens (tertiary/aromatic N) is 2. The molecule has 0 saturated carbocycles. The second kappa shape index (κ2) is 4.57. The summed E-state index contributed by atoms with van der Waals surface area (Å²) >= 11 is 0. The minimum Gasteiger partial charge on any atom is -0.383 e. The molecule has 4 nitrogen and oxygen atoms in total. The monoisotopic (exact) mass is 198 g/mol. The molecule has 0 fully saturated rings. The average molecular weight is 198 g/mol. The molecule has 0 amide bonds. The first-order chi connectivity index (χ1) is 6.60. The summed E-state index contributed by atoms with van der Waals surface area (Å²) in [6, 6.07) is 0. The maximum atomic E-state index is 9.99. The predicted molar refractivity (Wildman–Crippen MR) is 54.0 cm³/mol. The van der Waals surface area contributed by atoms with E-state index in [-0.39, 0.29) is 6.61 Å². The lowest BCUT2D eigenvalue weighted by Gasteiger charge is -2.20. The van der Waals surface area contributed by atoms with Crippen LogP contribution in [0.5, 0.6) is 0 Å². The van der Waals surface area contributed by atoms with Crippen molar-refractivity contribution < 1.29 is 9.84 Å². The molecule has 1 N–H and O–H groups in total. The van der Waals surface area contributed by atoms with Crippen LogP contribution in [0, 0.1) is 0 Å². The molecular weight excluding hydrogens is 180 g/mol. The van der Waals surface area contributed by atoms with Crippen LogP contribution in [-0.2, 0) is 16.9 Å². The molecule has 0 bridgehead atoms. The predicted octanol–water partition coefficient (Wildman–Crippen LogP) is 1.15. The summed E-state index contributed by atoms with van der Waals surface area (Å²) in [6.45, 7) is 4.98. The van der Waals surface area contributed by atoms with E-state index in [0.717, 1.165) is 18.5 Å². The van der Waals surface area contributed by atoms with E-state index in [9.17, 15) is 5.11 Å². The number of aliphatic hydroxyl groups is 1. The fourth-order valence-electron chi connectivity index (χ4n) is 1.36. The highest BCUT2D eigenvalue weighted by molar-refractivity contribution is 5.13. The standard InChI is InChI=1S/C10H18N2O2/c1-4-5-12-7-9(6-11-12)10(2,13)8-14-3/h6-7,13H,4-5,8H2,1-3H3. The van der Waals surface area contributed by atoms with Gasteiger partial charge in [0, 0.05) is 25.4 Å². The zero-order valence-electron chi connectivity index (χ0n) is 9.03. The Bertz CT molecular complexity index is 281. The first kappa shape index (κ1) is 11.2. The fraction of sp³-hybridized carbons (Fsp3) is 0.700. The molecule has 4 heteroatoms. The van der Waals surface area contributed by atoms with E-state index in [4.69, 9.17) is 4.74 Å². The Morgan fingerprint density at radius 1 is 1.64 bits per heavy atom. The number of rotatable bonds is 5. The smallest absolute Gasteiger partial charge is 0.113 e. The topological polar surface area (TPSA) is 47.3 Å². The van der Waals surface area contributed by atoms with Crippen molar-refractivity contribution >= 4 is 0 Å². The number of ether oxygens (including phenoxy) is 1. The van der Waals surface area contributed by atoms with Crippen molar-refractivity contribution in [3.63, 3.8) is 0 Å². The zero-order chi connectivity index (χ0) is 10.6. The Hall–Kier alpha value is -0.870. The van der Waals surface area contributed by atoms with E-state index in [2.05, 4.69) is 12.0 Å². The lowest BCUT2D eigenvalue weighted by atomic mass is 10.0. The number of hydrogen-bond donors (Lipinski definition) is 1. The van der Waals surface area contributed by atoms with Gasteiger partial charge in [0.1, 0.15) is 5.60 Å². The molecule has 1 aromatic heterocycles. The minimum atomic E-state index is -0.944. The van der Waals surface area contributed by atoms with Crippen molar-refractivity contribution in [3.05, 3.63) is 18.0 Å². The van der Waals surface area contributed by atoms with Crippen LogP contribution >= 0.6 is 0 Å². The third-order valence-corrected chi connectivity index (χ3v) is 2.13. The van der Waals surface area contributed by atoms with E-state index >= 15 is 0 Å². The van der Waals surface area contributed by atoms with E-state index in [1.165, 1.54) is 0 Å². The molecule has 0 radical (unpaired) electrons. The largest absolute Gasteiger partial charge is 0.383 e. The Labute approximate surface area is 84.5 Å². The van der Waals surface area contributed by atoms with Gasteiger partial charge in [0.25, 0.3) is 0 Å². The summed E-state index contributed by atoms with van der Waals surface area (Å²) in [6.07, 6.45) is 4.59. The molecular formula is C10H18N2O2. The number of methoxy groups -OCH3 is 1. The maximum Gasteiger partial charge on any atom is 0.113 e. The molecule has 0 aliphatic heterocycles. The van der Waals surface area contributed by atoms with Crippen molar-refractivity contribution in [2.24, 2.45) is 0 Å². The SMILES string of the molecule is CCCn1cc(C(C)(O)COC)cn1. The van der Waals surface area contributed by atoms with Crippen LogP contribution in [0.4, 0.5) is 0 Å². The molecule has 0 spiro atoms. The van der Waals surface area contributed by atoms with Crippen LogP contribution in [0.3, 0.4) is 0 Å². The van der Waals surface area contributed by atoms with Crippen LogP contribution in [0.15, 0.2) is 12.4 Å². The summed E-state index contributed by atoms with van der Waals surface area (Å²) < 4.78 is 6.78. The average Bonchev–Trinajstić information content (AvgIpc) is 2.54. The van der Waals surface area contributed by atoms with Gasteiger partial charge in [-0.1, -0.05) is 6.92 Å². The maximum absolute atomic E-state index is 9.99. The third kappa shape index (κ3) is 2.56. The van der Waals surface area contributed by atoms with Crippen LogP contribution < -0.4 is 0 Å². The van der Waals surface area contributed by atoms with Gasteiger partial charge >= 0.3 is 0 Å². The molecule has 0 aromatic carbocycles. The Kier molecular flexibility index (Phi) is 3.66. The van der Waals surface area contributed by atoms with Gasteiger partial charge in [0.15, 0.2) is 0 Å². The van der Waals surface area contributed by atoms with Crippen molar-refractivity contribution in [2.45, 2.75) is 32.4 Å². The normalized spacial score (nSPS) is 15.4. The lowest BCUT2D eigenvalue weighted by Crippen LogP contribution is -2.26. The highest BCUT2D eigenvalue weighted by atomic mass is 16.5. The second-order valence-electron chi connectivity index (χ2n) is 3.70. The summed E-state index contributed by atoms with van der Waals surface area (Å²) in [5.74, 6) is 0. The third-order valence-electron chi connectivity index (χ3n) is 2.13. The van der Waals surface area contributed by atoms with Crippen LogP contribution in [-0.4, -0.2) is 28.6 Å². The molecule has 0 aliphatic carbocycles. The number of aromatic nitrogens is 2. The Balaban J connectivity index is 2.74. The highest BCUT2D eigenvalue weighted by Crippen LogP contribution is 2.19. The number of aryl methyl sites for hydroxylation is 1. The van der Waals surface area contributed by atoms with E-state index in [1.807, 2.05) is 10.9 Å². The highest BCUT2D eigenvalue weighted by Gasteiger charge is 2.24. The Morgan fingerprint density at radius 3 is 2.93 bits per heavy atom. The van der Waals surface area contributed by atoms with Gasteiger partial charge in [-0.25, -0.2) is 0 Å². The zero-order valence-corrected chi connectivity index (χ0v) is 9.03. The summed E-state index contributed by atoms with van der Waals surface area (Å²) in [4.78, 5) is 0. The van der Waals surface area contributed by atoms with Gasteiger partial charge in [-0.15, -0.1) is 0 Å². The van der Waals surface area contributed by atoms with Gasteiger partial charge in [-0.3, -0.25) is 4.68 Å². The quantitative estimate of drug-likeness (QED) is 0.772.